The number of carbonyl (C=O) groups excluding carboxylic acids is 2. The van der Waals surface area contributed by atoms with Crippen molar-refractivity contribution in [2.24, 2.45) is 5.92 Å². The van der Waals surface area contributed by atoms with Gasteiger partial charge in [0.1, 0.15) is 12.5 Å². The number of cyclic esters (lactones) is 1. The van der Waals surface area contributed by atoms with Crippen LogP contribution in [0.2, 0.25) is 0 Å². The second kappa shape index (κ2) is 2.79. The van der Waals surface area contributed by atoms with Gasteiger partial charge < -0.3 is 9.84 Å². The van der Waals surface area contributed by atoms with Gasteiger partial charge in [-0.3, -0.25) is 9.59 Å². The Morgan fingerprint density at radius 3 is 2.80 bits per heavy atom. The fourth-order valence-electron chi connectivity index (χ4n) is 0.744. The third-order valence-electron chi connectivity index (χ3n) is 1.42. The summed E-state index contributed by atoms with van der Waals surface area (Å²) in [6.07, 6.45) is 0.0553. The Hall–Kier alpha value is -0.900. The van der Waals surface area contributed by atoms with Gasteiger partial charge >= 0.3 is 5.97 Å². The van der Waals surface area contributed by atoms with Gasteiger partial charge in [0.2, 0.25) is 0 Å². The first-order valence-corrected chi connectivity index (χ1v) is 3.06. The second-order valence-electron chi connectivity index (χ2n) is 2.12. The molecule has 1 aliphatic rings. The van der Waals surface area contributed by atoms with Gasteiger partial charge in [-0.1, -0.05) is 0 Å². The molecular formula is C6H8O4. The van der Waals surface area contributed by atoms with Gasteiger partial charge in [-0.05, 0) is 0 Å². The predicted octanol–water partition coefficient (Wildman–Crippen LogP) is -0.889. The van der Waals surface area contributed by atoms with Gasteiger partial charge in [0.05, 0.1) is 0 Å². The van der Waals surface area contributed by atoms with Crippen LogP contribution in [-0.2, 0) is 14.3 Å². The van der Waals surface area contributed by atoms with Gasteiger partial charge in [0, 0.05) is 13.0 Å². The van der Waals surface area contributed by atoms with E-state index in [4.69, 9.17) is 5.11 Å². The van der Waals surface area contributed by atoms with E-state index in [2.05, 4.69) is 4.74 Å². The highest BCUT2D eigenvalue weighted by Crippen LogP contribution is 2.14. The van der Waals surface area contributed by atoms with Gasteiger partial charge in [-0.2, -0.15) is 0 Å². The topological polar surface area (TPSA) is 63.6 Å². The number of carbonyl (C=O) groups is 2. The van der Waals surface area contributed by atoms with Gasteiger partial charge in [-0.15, -0.1) is 0 Å². The van der Waals surface area contributed by atoms with E-state index in [1.807, 2.05) is 0 Å². The van der Waals surface area contributed by atoms with Gasteiger partial charge in [0.25, 0.3) is 0 Å². The summed E-state index contributed by atoms with van der Waals surface area (Å²) in [4.78, 5) is 21.2. The van der Waals surface area contributed by atoms with Gasteiger partial charge in [0.15, 0.2) is 5.78 Å². The lowest BCUT2D eigenvalue weighted by Crippen LogP contribution is -2.40. The molecule has 1 fully saturated rings. The summed E-state index contributed by atoms with van der Waals surface area (Å²) in [6, 6.07) is 0. The zero-order chi connectivity index (χ0) is 7.56. The molecule has 0 aromatic rings. The van der Waals surface area contributed by atoms with E-state index in [1.54, 1.807) is 0 Å². The van der Waals surface area contributed by atoms with E-state index in [-0.39, 0.29) is 25.4 Å². The van der Waals surface area contributed by atoms with Crippen LogP contribution in [0.25, 0.3) is 0 Å². The van der Waals surface area contributed by atoms with E-state index in [0.29, 0.717) is 0 Å². The van der Waals surface area contributed by atoms with Crippen molar-refractivity contribution in [2.75, 3.05) is 13.2 Å². The average Bonchev–Trinajstić information content (AvgIpc) is 1.85. The summed E-state index contributed by atoms with van der Waals surface area (Å²) < 4.78 is 4.37. The molecule has 1 heterocycles. The smallest absolute Gasteiger partial charge is 0.320 e. The SMILES string of the molecule is O=C(CCO)C1COC1=O. The highest BCUT2D eigenvalue weighted by atomic mass is 16.6. The lowest BCUT2D eigenvalue weighted by atomic mass is 10.00. The lowest BCUT2D eigenvalue weighted by Gasteiger charge is -2.22. The number of ketones is 1. The molecule has 10 heavy (non-hydrogen) atoms. The quantitative estimate of drug-likeness (QED) is 0.412. The van der Waals surface area contributed by atoms with E-state index < -0.39 is 11.9 Å². The van der Waals surface area contributed by atoms with Crippen LogP contribution >= 0.6 is 0 Å². The molecule has 0 saturated carbocycles. The van der Waals surface area contributed by atoms with Crippen LogP contribution in [0.1, 0.15) is 6.42 Å². The molecule has 0 radical (unpaired) electrons. The number of esters is 1. The van der Waals surface area contributed by atoms with Crippen molar-refractivity contribution in [1.82, 2.24) is 0 Å². The average molecular weight is 144 g/mol. The molecule has 0 aliphatic carbocycles. The highest BCUT2D eigenvalue weighted by Gasteiger charge is 2.36. The molecule has 1 rings (SSSR count). The van der Waals surface area contributed by atoms with E-state index in [0.717, 1.165) is 0 Å². The van der Waals surface area contributed by atoms with Crippen molar-refractivity contribution in [2.45, 2.75) is 6.42 Å². The maximum Gasteiger partial charge on any atom is 0.320 e. The summed E-state index contributed by atoms with van der Waals surface area (Å²) in [5.41, 5.74) is 0. The molecule has 0 spiro atoms. The molecule has 0 bridgehead atoms. The molecular weight excluding hydrogens is 136 g/mol. The third kappa shape index (κ3) is 1.16. The standard InChI is InChI=1S/C6H8O4/c7-2-1-5(8)4-3-10-6(4)9/h4,7H,1-3H2. The first kappa shape index (κ1) is 7.21. The molecule has 0 amide bonds. The van der Waals surface area contributed by atoms with Crippen LogP contribution < -0.4 is 0 Å². The number of Topliss-reactive ketones (excluding diaryl/α,β-unsaturated/α-hetero) is 1. The minimum atomic E-state index is -0.591. The molecule has 4 nitrogen and oxygen atoms in total. The summed E-state index contributed by atoms with van der Waals surface area (Å²) in [5.74, 6) is -1.27. The maximum absolute atomic E-state index is 10.8. The predicted molar refractivity (Wildman–Crippen MR) is 31.2 cm³/mol. The van der Waals surface area contributed by atoms with E-state index in [1.165, 1.54) is 0 Å². The van der Waals surface area contributed by atoms with E-state index in [9.17, 15) is 9.59 Å². The number of hydrogen-bond donors (Lipinski definition) is 1. The maximum atomic E-state index is 10.8. The minimum Gasteiger partial charge on any atom is -0.464 e. The lowest BCUT2D eigenvalue weighted by molar-refractivity contribution is -0.171. The number of aliphatic hydroxyl groups is 1. The fraction of sp³-hybridized carbons (Fsp3) is 0.667. The first-order valence-electron chi connectivity index (χ1n) is 3.06. The summed E-state index contributed by atoms with van der Waals surface area (Å²) in [7, 11) is 0. The third-order valence-corrected chi connectivity index (χ3v) is 1.42. The van der Waals surface area contributed by atoms with Crippen LogP contribution in [0.5, 0.6) is 0 Å². The Labute approximate surface area is 57.8 Å². The van der Waals surface area contributed by atoms with Crippen molar-refractivity contribution in [3.63, 3.8) is 0 Å². The van der Waals surface area contributed by atoms with Crippen LogP contribution in [0.4, 0.5) is 0 Å². The minimum absolute atomic E-state index is 0.0553. The zero-order valence-electron chi connectivity index (χ0n) is 5.37. The Morgan fingerprint density at radius 1 is 1.80 bits per heavy atom. The Bertz CT molecular complexity index is 163. The highest BCUT2D eigenvalue weighted by molar-refractivity contribution is 6.02. The van der Waals surface area contributed by atoms with Crippen molar-refractivity contribution in [1.29, 1.82) is 0 Å². The van der Waals surface area contributed by atoms with Crippen LogP contribution in [-0.4, -0.2) is 30.1 Å². The zero-order valence-corrected chi connectivity index (χ0v) is 5.37. The van der Waals surface area contributed by atoms with Gasteiger partial charge in [-0.25, -0.2) is 0 Å². The van der Waals surface area contributed by atoms with Crippen LogP contribution in [0.3, 0.4) is 0 Å². The Morgan fingerprint density at radius 2 is 2.50 bits per heavy atom. The largest absolute Gasteiger partial charge is 0.464 e. The molecule has 1 saturated heterocycles. The summed E-state index contributed by atoms with van der Waals surface area (Å²) >= 11 is 0. The number of hydrogen-bond acceptors (Lipinski definition) is 4. The number of ether oxygens (including phenoxy) is 1. The molecule has 0 aromatic carbocycles. The first-order chi connectivity index (χ1) is 4.75. The Kier molecular flexibility index (Phi) is 2.01. The molecule has 4 heteroatoms. The number of aliphatic hydroxyl groups excluding tert-OH is 1. The monoisotopic (exact) mass is 144 g/mol. The second-order valence-corrected chi connectivity index (χ2v) is 2.12. The molecule has 1 unspecified atom stereocenters. The van der Waals surface area contributed by atoms with Crippen molar-refractivity contribution in [3.8, 4) is 0 Å². The van der Waals surface area contributed by atoms with E-state index >= 15 is 0 Å². The molecule has 1 aliphatic heterocycles. The Balaban J connectivity index is 2.34. The summed E-state index contributed by atoms with van der Waals surface area (Å²) in [5, 5.41) is 8.32. The van der Waals surface area contributed by atoms with Crippen LogP contribution in [0, 0.1) is 5.92 Å². The fourth-order valence-corrected chi connectivity index (χ4v) is 0.744. The van der Waals surface area contributed by atoms with Crippen LogP contribution in [0.15, 0.2) is 0 Å². The molecule has 1 atom stereocenters. The van der Waals surface area contributed by atoms with Crippen molar-refractivity contribution < 1.29 is 19.4 Å². The van der Waals surface area contributed by atoms with Crippen molar-refractivity contribution in [3.05, 3.63) is 0 Å². The summed E-state index contributed by atoms with van der Waals surface area (Å²) in [6.45, 7) is 0.000278. The van der Waals surface area contributed by atoms with Crippen molar-refractivity contribution >= 4 is 11.8 Å². The number of rotatable bonds is 3. The normalized spacial score (nSPS) is 23.3. The molecule has 1 N–H and O–H groups in total. The molecule has 56 valence electrons. The molecule has 0 aromatic heterocycles.